The number of carbonyl (C=O) groups is 2. The van der Waals surface area contributed by atoms with E-state index in [4.69, 9.17) is 16.3 Å². The van der Waals surface area contributed by atoms with Crippen LogP contribution in [-0.4, -0.2) is 39.5 Å². The fourth-order valence-corrected chi connectivity index (χ4v) is 5.80. The van der Waals surface area contributed by atoms with Gasteiger partial charge in [-0.25, -0.2) is 4.79 Å². The highest BCUT2D eigenvalue weighted by Crippen LogP contribution is 2.40. The lowest BCUT2D eigenvalue weighted by Crippen LogP contribution is -2.16. The molecule has 0 aliphatic carbocycles. The molecule has 0 saturated carbocycles. The number of nitrogens with one attached hydrogen (secondary N) is 1. The summed E-state index contributed by atoms with van der Waals surface area (Å²) in [7, 11) is 1.33. The Labute approximate surface area is 216 Å². The summed E-state index contributed by atoms with van der Waals surface area (Å²) in [4.78, 5) is 26.4. The Morgan fingerprint density at radius 3 is 2.51 bits per heavy atom. The van der Waals surface area contributed by atoms with Gasteiger partial charge in [0.1, 0.15) is 10.6 Å². The number of esters is 1. The largest absolute Gasteiger partial charge is 0.465 e. The van der Waals surface area contributed by atoms with Crippen molar-refractivity contribution >= 4 is 51.6 Å². The first-order chi connectivity index (χ1) is 16.9. The van der Waals surface area contributed by atoms with Crippen LogP contribution in [0.5, 0.6) is 0 Å². The van der Waals surface area contributed by atoms with Crippen molar-refractivity contribution in [1.29, 1.82) is 0 Å². The van der Waals surface area contributed by atoms with Gasteiger partial charge in [-0.05, 0) is 31.5 Å². The molecule has 0 aliphatic heterocycles. The highest BCUT2D eigenvalue weighted by molar-refractivity contribution is 7.99. The molecule has 0 fully saturated rings. The summed E-state index contributed by atoms with van der Waals surface area (Å²) in [6.45, 7) is 4.52. The van der Waals surface area contributed by atoms with Gasteiger partial charge in [0.25, 0.3) is 0 Å². The summed E-state index contributed by atoms with van der Waals surface area (Å²) < 4.78 is 6.95. The number of halogens is 1. The summed E-state index contributed by atoms with van der Waals surface area (Å²) in [5.41, 5.74) is 2.79. The Hall–Kier alpha value is -3.14. The molecule has 0 spiro atoms. The average molecular weight is 527 g/mol. The van der Waals surface area contributed by atoms with E-state index in [0.29, 0.717) is 33.1 Å². The Bertz CT molecular complexity index is 1370. The first kappa shape index (κ1) is 25.0. The third kappa shape index (κ3) is 5.27. The zero-order chi connectivity index (χ0) is 24.9. The van der Waals surface area contributed by atoms with Crippen molar-refractivity contribution in [2.24, 2.45) is 0 Å². The molecule has 180 valence electrons. The lowest BCUT2D eigenvalue weighted by molar-refractivity contribution is -0.113. The number of hydrogen-bond donors (Lipinski definition) is 1. The molecule has 4 rings (SSSR count). The predicted octanol–water partition coefficient (Wildman–Crippen LogP) is 6.17. The van der Waals surface area contributed by atoms with Crippen LogP contribution in [0.3, 0.4) is 0 Å². The maximum absolute atomic E-state index is 12.9. The number of methoxy groups -OCH3 is 1. The molecule has 35 heavy (non-hydrogen) atoms. The number of carbonyl (C=O) groups excluding carboxylic acids is 2. The van der Waals surface area contributed by atoms with Crippen LogP contribution < -0.4 is 5.32 Å². The predicted molar refractivity (Wildman–Crippen MR) is 141 cm³/mol. The smallest absolute Gasteiger partial charge is 0.341 e. The van der Waals surface area contributed by atoms with E-state index in [2.05, 4.69) is 15.5 Å². The minimum Gasteiger partial charge on any atom is -0.465 e. The summed E-state index contributed by atoms with van der Waals surface area (Å²) in [5, 5.41) is 13.1. The van der Waals surface area contributed by atoms with Crippen LogP contribution in [0.1, 0.15) is 22.2 Å². The lowest BCUT2D eigenvalue weighted by Gasteiger charge is -2.09. The van der Waals surface area contributed by atoms with Crippen molar-refractivity contribution in [3.8, 4) is 22.5 Å². The minimum absolute atomic E-state index is 0.0961. The van der Waals surface area contributed by atoms with E-state index in [1.165, 1.54) is 30.2 Å². The summed E-state index contributed by atoms with van der Waals surface area (Å²) in [5.74, 6) is -0.00796. The van der Waals surface area contributed by atoms with E-state index in [1.54, 1.807) is 6.07 Å². The van der Waals surface area contributed by atoms with Crippen molar-refractivity contribution in [1.82, 2.24) is 14.8 Å². The number of thioether (sulfide) groups is 1. The molecule has 0 atom stereocenters. The first-order valence-corrected chi connectivity index (χ1v) is 13.0. The normalized spacial score (nSPS) is 10.9. The number of thiophene rings is 1. The van der Waals surface area contributed by atoms with Gasteiger partial charge < -0.3 is 14.6 Å². The Kier molecular flexibility index (Phi) is 7.90. The number of benzene rings is 2. The number of rotatable bonds is 8. The maximum Gasteiger partial charge on any atom is 0.341 e. The van der Waals surface area contributed by atoms with Gasteiger partial charge in [0, 0.05) is 22.5 Å². The van der Waals surface area contributed by atoms with Crippen LogP contribution in [0, 0.1) is 6.92 Å². The zero-order valence-electron chi connectivity index (χ0n) is 19.4. The van der Waals surface area contributed by atoms with E-state index in [1.807, 2.05) is 66.9 Å². The Balaban J connectivity index is 1.54. The molecule has 0 saturated heterocycles. The Morgan fingerprint density at radius 2 is 1.83 bits per heavy atom. The van der Waals surface area contributed by atoms with Crippen LogP contribution >= 0.6 is 34.7 Å². The Morgan fingerprint density at radius 1 is 1.11 bits per heavy atom. The molecular weight excluding hydrogens is 504 g/mol. The number of anilines is 1. The molecule has 4 aromatic rings. The molecule has 10 heteroatoms. The van der Waals surface area contributed by atoms with Gasteiger partial charge in [0.2, 0.25) is 5.91 Å². The molecule has 0 aliphatic rings. The van der Waals surface area contributed by atoms with Crippen molar-refractivity contribution in [3.63, 3.8) is 0 Å². The number of aromatic nitrogens is 3. The molecule has 0 bridgehead atoms. The molecule has 2 heterocycles. The van der Waals surface area contributed by atoms with E-state index in [-0.39, 0.29) is 11.7 Å². The summed E-state index contributed by atoms with van der Waals surface area (Å²) in [6.07, 6.45) is 0. The van der Waals surface area contributed by atoms with Crippen molar-refractivity contribution < 1.29 is 14.3 Å². The standard InChI is InChI=1S/C25H23ClN4O3S2/c1-4-30-22(17-12-8-9-13-18(17)26)28-29-25(30)34-14-19(31)27-23-21(24(32)33-3)20(15(2)35-23)16-10-6-5-7-11-16/h5-13H,4,14H2,1-3H3,(H,27,31). The highest BCUT2D eigenvalue weighted by atomic mass is 35.5. The second-order valence-corrected chi connectivity index (χ2v) is 10.0. The SMILES string of the molecule is CCn1c(SCC(=O)Nc2sc(C)c(-c3ccccc3)c2C(=O)OC)nnc1-c1ccccc1Cl. The van der Waals surface area contributed by atoms with Gasteiger partial charge in [0.15, 0.2) is 11.0 Å². The van der Waals surface area contributed by atoms with E-state index in [0.717, 1.165) is 21.6 Å². The van der Waals surface area contributed by atoms with Gasteiger partial charge in [-0.2, -0.15) is 0 Å². The molecule has 1 amide bonds. The molecule has 7 nitrogen and oxygen atoms in total. The van der Waals surface area contributed by atoms with Crippen LogP contribution in [0.25, 0.3) is 22.5 Å². The first-order valence-electron chi connectivity index (χ1n) is 10.8. The molecule has 0 unspecified atom stereocenters. The minimum atomic E-state index is -0.494. The molecule has 2 aromatic heterocycles. The third-order valence-electron chi connectivity index (χ3n) is 5.27. The van der Waals surface area contributed by atoms with Crippen molar-refractivity contribution in [2.45, 2.75) is 25.5 Å². The highest BCUT2D eigenvalue weighted by Gasteiger charge is 2.25. The fourth-order valence-electron chi connectivity index (χ4n) is 3.70. The number of ether oxygens (including phenoxy) is 1. The van der Waals surface area contributed by atoms with Crippen molar-refractivity contribution in [2.75, 3.05) is 18.2 Å². The van der Waals surface area contributed by atoms with E-state index >= 15 is 0 Å². The molecule has 1 N–H and O–H groups in total. The summed E-state index contributed by atoms with van der Waals surface area (Å²) in [6, 6.07) is 17.0. The zero-order valence-corrected chi connectivity index (χ0v) is 21.8. The summed E-state index contributed by atoms with van der Waals surface area (Å²) >= 11 is 8.96. The van der Waals surface area contributed by atoms with Crippen LogP contribution in [-0.2, 0) is 16.1 Å². The number of amides is 1. The monoisotopic (exact) mass is 526 g/mol. The van der Waals surface area contributed by atoms with E-state index in [9.17, 15) is 9.59 Å². The third-order valence-corrected chi connectivity index (χ3v) is 7.59. The van der Waals surface area contributed by atoms with Gasteiger partial charge in [-0.15, -0.1) is 21.5 Å². The quantitative estimate of drug-likeness (QED) is 0.218. The second kappa shape index (κ2) is 11.1. The van der Waals surface area contributed by atoms with Gasteiger partial charge in [0.05, 0.1) is 17.9 Å². The number of nitrogens with zero attached hydrogens (tertiary/aromatic N) is 3. The van der Waals surface area contributed by atoms with E-state index < -0.39 is 5.97 Å². The van der Waals surface area contributed by atoms with Crippen LogP contribution in [0.2, 0.25) is 5.02 Å². The fraction of sp³-hybridized carbons (Fsp3) is 0.200. The number of hydrogen-bond acceptors (Lipinski definition) is 7. The lowest BCUT2D eigenvalue weighted by atomic mass is 10.0. The second-order valence-electron chi connectivity index (χ2n) is 7.46. The van der Waals surface area contributed by atoms with Crippen molar-refractivity contribution in [3.05, 3.63) is 70.1 Å². The van der Waals surface area contributed by atoms with Crippen LogP contribution in [0.15, 0.2) is 59.8 Å². The molecule has 0 radical (unpaired) electrons. The maximum atomic E-state index is 12.9. The number of aryl methyl sites for hydroxylation is 1. The van der Waals surface area contributed by atoms with Gasteiger partial charge >= 0.3 is 5.97 Å². The molecular formula is C25H23ClN4O3S2. The van der Waals surface area contributed by atoms with Gasteiger partial charge in [-0.3, -0.25) is 4.79 Å². The topological polar surface area (TPSA) is 86.1 Å². The van der Waals surface area contributed by atoms with Crippen LogP contribution in [0.4, 0.5) is 5.00 Å². The molecule has 2 aromatic carbocycles. The van der Waals surface area contributed by atoms with Gasteiger partial charge in [-0.1, -0.05) is 65.8 Å². The average Bonchev–Trinajstić information content (AvgIpc) is 3.42.